The van der Waals surface area contributed by atoms with Gasteiger partial charge in [-0.1, -0.05) is 243 Å². The van der Waals surface area contributed by atoms with Crippen LogP contribution in [0, 0.1) is 0 Å². The second kappa shape index (κ2) is 14.3. The van der Waals surface area contributed by atoms with Crippen LogP contribution in [0.4, 0.5) is 0 Å². The molecule has 61 heavy (non-hydrogen) atoms. The molecule has 0 spiro atoms. The second-order valence-electron chi connectivity index (χ2n) is 16.3. The Balaban J connectivity index is 1.28. The molecule has 0 aliphatic rings. The first-order valence-electron chi connectivity index (χ1n) is 21.3. The van der Waals surface area contributed by atoms with Crippen LogP contribution in [-0.2, 0) is 0 Å². The summed E-state index contributed by atoms with van der Waals surface area (Å²) in [6.45, 7) is 0. The highest BCUT2D eigenvalue weighted by atomic mass is 28.3. The SMILES string of the molecule is c1ccc([Si](c2ccccc2)(c2ccc3ccccc3c2)c2c3ccccc3c(-c3c4ccccc4c(-c4cccc5ccccc45)c4ccccc34)c3ccccc23)cc1. The smallest absolute Gasteiger partial charge is 0.0623 e. The van der Waals surface area contributed by atoms with E-state index in [0.29, 0.717) is 0 Å². The number of hydrogen-bond donors (Lipinski definition) is 0. The molecule has 12 rings (SSSR count). The van der Waals surface area contributed by atoms with Crippen LogP contribution in [0.5, 0.6) is 0 Å². The Morgan fingerprint density at radius 2 is 0.590 bits per heavy atom. The predicted octanol–water partition coefficient (Wildman–Crippen LogP) is 13.3. The van der Waals surface area contributed by atoms with Gasteiger partial charge in [-0.25, -0.2) is 0 Å². The summed E-state index contributed by atoms with van der Waals surface area (Å²) >= 11 is 0. The van der Waals surface area contributed by atoms with E-state index < -0.39 is 8.07 Å². The molecule has 0 saturated carbocycles. The maximum absolute atomic E-state index is 3.06. The van der Waals surface area contributed by atoms with Crippen molar-refractivity contribution in [3.8, 4) is 22.3 Å². The van der Waals surface area contributed by atoms with Crippen molar-refractivity contribution in [3.63, 3.8) is 0 Å². The highest BCUT2D eigenvalue weighted by Gasteiger charge is 2.44. The summed E-state index contributed by atoms with van der Waals surface area (Å²) < 4.78 is 0. The number of rotatable bonds is 6. The van der Waals surface area contributed by atoms with Crippen molar-refractivity contribution in [2.75, 3.05) is 0 Å². The van der Waals surface area contributed by atoms with E-state index in [0.717, 1.165) is 0 Å². The molecule has 0 saturated heterocycles. The molecule has 0 fully saturated rings. The highest BCUT2D eigenvalue weighted by molar-refractivity contribution is 7.21. The first-order valence-corrected chi connectivity index (χ1v) is 23.3. The largest absolute Gasteiger partial charge is 0.180 e. The maximum Gasteiger partial charge on any atom is 0.180 e. The Morgan fingerprint density at radius 1 is 0.213 bits per heavy atom. The summed E-state index contributed by atoms with van der Waals surface area (Å²) in [5, 5.41) is 20.8. The average Bonchev–Trinajstić information content (AvgIpc) is 3.34. The Kier molecular flexibility index (Phi) is 8.30. The molecule has 0 aliphatic heterocycles. The Bertz CT molecular complexity index is 3480. The zero-order valence-corrected chi connectivity index (χ0v) is 34.6. The fourth-order valence-corrected chi connectivity index (χ4v) is 15.9. The van der Waals surface area contributed by atoms with Crippen molar-refractivity contribution < 1.29 is 0 Å². The van der Waals surface area contributed by atoms with E-state index in [1.165, 1.54) is 108 Å². The maximum atomic E-state index is 2.49. The van der Waals surface area contributed by atoms with Crippen LogP contribution in [0.1, 0.15) is 0 Å². The minimum absolute atomic E-state index is 1.25. The van der Waals surface area contributed by atoms with E-state index >= 15 is 0 Å². The summed E-state index contributed by atoms with van der Waals surface area (Å²) in [6.07, 6.45) is 0. The van der Waals surface area contributed by atoms with Crippen molar-refractivity contribution in [3.05, 3.63) is 243 Å². The van der Waals surface area contributed by atoms with Crippen LogP contribution in [0.15, 0.2) is 243 Å². The molecule has 0 heterocycles. The molecule has 0 aromatic heterocycles. The van der Waals surface area contributed by atoms with Crippen molar-refractivity contribution in [2.24, 2.45) is 0 Å². The van der Waals surface area contributed by atoms with Crippen molar-refractivity contribution in [1.82, 2.24) is 0 Å². The molecule has 0 aliphatic carbocycles. The fraction of sp³-hybridized carbons (Fsp3) is 0. The molecule has 0 bridgehead atoms. The van der Waals surface area contributed by atoms with Crippen LogP contribution < -0.4 is 20.7 Å². The van der Waals surface area contributed by atoms with E-state index in [2.05, 4.69) is 243 Å². The zero-order chi connectivity index (χ0) is 40.3. The summed E-state index contributed by atoms with van der Waals surface area (Å²) in [6, 6.07) is 91.2. The lowest BCUT2D eigenvalue weighted by molar-refractivity contribution is 1.68. The van der Waals surface area contributed by atoms with Gasteiger partial charge in [0, 0.05) is 0 Å². The van der Waals surface area contributed by atoms with Gasteiger partial charge in [-0.05, 0) is 108 Å². The van der Waals surface area contributed by atoms with Gasteiger partial charge in [0.1, 0.15) is 0 Å². The number of benzene rings is 12. The minimum Gasteiger partial charge on any atom is -0.0623 e. The number of fused-ring (bicyclic) bond motifs is 6. The molecule has 0 radical (unpaired) electrons. The topological polar surface area (TPSA) is 0 Å². The van der Waals surface area contributed by atoms with Gasteiger partial charge in [-0.2, -0.15) is 0 Å². The molecule has 1 heteroatoms. The van der Waals surface area contributed by atoms with Crippen LogP contribution in [-0.4, -0.2) is 8.07 Å². The quantitative estimate of drug-likeness (QED) is 0.0894. The molecule has 0 unspecified atom stereocenters. The third kappa shape index (κ3) is 5.38. The lowest BCUT2D eigenvalue weighted by atomic mass is 9.82. The summed E-state index contributed by atoms with van der Waals surface area (Å²) in [4.78, 5) is 0. The average molecular weight is 789 g/mol. The van der Waals surface area contributed by atoms with Gasteiger partial charge in [0.05, 0.1) is 0 Å². The van der Waals surface area contributed by atoms with E-state index in [1.807, 2.05) is 0 Å². The van der Waals surface area contributed by atoms with Crippen LogP contribution >= 0.6 is 0 Å². The normalized spacial score (nSPS) is 11.9. The van der Waals surface area contributed by atoms with Gasteiger partial charge in [0.25, 0.3) is 0 Å². The van der Waals surface area contributed by atoms with Gasteiger partial charge in [-0.3, -0.25) is 0 Å². The number of hydrogen-bond acceptors (Lipinski definition) is 0. The molecular formula is C60H40Si. The lowest BCUT2D eigenvalue weighted by Gasteiger charge is -2.37. The first-order chi connectivity index (χ1) is 30.3. The molecule has 284 valence electrons. The third-order valence-electron chi connectivity index (χ3n) is 13.1. The summed E-state index contributed by atoms with van der Waals surface area (Å²) in [5.74, 6) is 0. The highest BCUT2D eigenvalue weighted by Crippen LogP contribution is 2.48. The molecule has 0 nitrogen and oxygen atoms in total. The molecule has 0 N–H and O–H groups in total. The molecule has 12 aromatic rings. The van der Waals surface area contributed by atoms with Crippen molar-refractivity contribution >= 4 is 93.5 Å². The Morgan fingerprint density at radius 3 is 1.11 bits per heavy atom. The van der Waals surface area contributed by atoms with E-state index in [1.54, 1.807) is 0 Å². The van der Waals surface area contributed by atoms with E-state index in [4.69, 9.17) is 0 Å². The third-order valence-corrected chi connectivity index (χ3v) is 18.0. The monoisotopic (exact) mass is 788 g/mol. The second-order valence-corrected chi connectivity index (χ2v) is 20.0. The van der Waals surface area contributed by atoms with Gasteiger partial charge in [0.15, 0.2) is 8.07 Å². The Hall–Kier alpha value is -7.58. The summed E-state index contributed by atoms with van der Waals surface area (Å²) in [7, 11) is -3.06. The van der Waals surface area contributed by atoms with Gasteiger partial charge in [-0.15, -0.1) is 0 Å². The van der Waals surface area contributed by atoms with Crippen LogP contribution in [0.3, 0.4) is 0 Å². The minimum atomic E-state index is -3.06. The first kappa shape index (κ1) is 35.4. The fourth-order valence-electron chi connectivity index (χ4n) is 10.7. The van der Waals surface area contributed by atoms with Crippen molar-refractivity contribution in [1.29, 1.82) is 0 Å². The van der Waals surface area contributed by atoms with Crippen LogP contribution in [0.25, 0.3) is 86.9 Å². The molecule has 0 amide bonds. The standard InChI is InChI=1S/C60H40Si/c1-3-24-44(25-4-1)61(45-26-5-2-6-27-45,46-39-38-41-20-7-8-22-43(41)40-46)60-55-35-17-15-33-53(55)59(54-34-16-18-36-56(54)60)58-51-31-13-11-29-49(51)57(50-30-12-14-32-52(50)58)48-37-19-23-42-21-9-10-28-47(42)48/h1-40H. The molecule has 12 aromatic carbocycles. The summed E-state index contributed by atoms with van der Waals surface area (Å²) in [5.41, 5.74) is 5.12. The van der Waals surface area contributed by atoms with Crippen molar-refractivity contribution in [2.45, 2.75) is 0 Å². The van der Waals surface area contributed by atoms with E-state index in [9.17, 15) is 0 Å². The van der Waals surface area contributed by atoms with Gasteiger partial charge < -0.3 is 0 Å². The molecular weight excluding hydrogens is 749 g/mol. The van der Waals surface area contributed by atoms with E-state index in [-0.39, 0.29) is 0 Å². The molecule has 0 atom stereocenters. The predicted molar refractivity (Wildman–Crippen MR) is 266 cm³/mol. The van der Waals surface area contributed by atoms with Gasteiger partial charge in [0.2, 0.25) is 0 Å². The van der Waals surface area contributed by atoms with Gasteiger partial charge >= 0.3 is 0 Å². The lowest BCUT2D eigenvalue weighted by Crippen LogP contribution is -2.75. The van der Waals surface area contributed by atoms with Crippen LogP contribution in [0.2, 0.25) is 0 Å². The zero-order valence-electron chi connectivity index (χ0n) is 33.6. The Labute approximate surface area is 356 Å².